The fourth-order valence-electron chi connectivity index (χ4n) is 2.65. The molecule has 1 aliphatic carbocycles. The molecule has 2 rings (SSSR count). The van der Waals surface area contributed by atoms with E-state index in [0.717, 1.165) is 37.9 Å². The molecular weight excluding hydrogens is 266 g/mol. The van der Waals surface area contributed by atoms with Crippen molar-refractivity contribution in [3.63, 3.8) is 0 Å². The molecule has 4 heteroatoms. The van der Waals surface area contributed by atoms with Gasteiger partial charge in [0.05, 0.1) is 12.7 Å². The van der Waals surface area contributed by atoms with Crippen molar-refractivity contribution < 1.29 is 14.6 Å². The molecule has 0 saturated heterocycles. The zero-order valence-corrected chi connectivity index (χ0v) is 12.7. The summed E-state index contributed by atoms with van der Waals surface area (Å²) in [6, 6.07) is 8.16. The fraction of sp³-hybridized carbons (Fsp3) is 0.588. The Morgan fingerprint density at radius 1 is 1.33 bits per heavy atom. The second-order valence-corrected chi connectivity index (χ2v) is 5.84. The van der Waals surface area contributed by atoms with E-state index in [1.54, 1.807) is 0 Å². The van der Waals surface area contributed by atoms with E-state index in [1.165, 1.54) is 5.56 Å². The lowest BCUT2D eigenvalue weighted by Crippen LogP contribution is -2.38. The Kier molecular flexibility index (Phi) is 6.05. The number of benzene rings is 1. The second kappa shape index (κ2) is 8.03. The van der Waals surface area contributed by atoms with Crippen LogP contribution >= 0.6 is 0 Å². The predicted octanol–water partition coefficient (Wildman–Crippen LogP) is 2.57. The van der Waals surface area contributed by atoms with Gasteiger partial charge in [-0.15, -0.1) is 0 Å². The summed E-state index contributed by atoms with van der Waals surface area (Å²) in [5, 5.41) is 12.5. The molecule has 116 valence electrons. The van der Waals surface area contributed by atoms with Crippen LogP contribution in [0.15, 0.2) is 24.3 Å². The number of ether oxygens (including phenoxy) is 1. The second-order valence-electron chi connectivity index (χ2n) is 5.84. The number of rotatable bonds is 6. The third-order valence-corrected chi connectivity index (χ3v) is 3.87. The minimum atomic E-state index is -0.180. The van der Waals surface area contributed by atoms with Crippen LogP contribution in [-0.2, 0) is 4.79 Å². The molecule has 0 radical (unpaired) electrons. The van der Waals surface area contributed by atoms with Gasteiger partial charge in [-0.3, -0.25) is 4.79 Å². The molecule has 1 aliphatic rings. The monoisotopic (exact) mass is 291 g/mol. The maximum absolute atomic E-state index is 11.8. The topological polar surface area (TPSA) is 58.6 Å². The van der Waals surface area contributed by atoms with Gasteiger partial charge in [0, 0.05) is 12.5 Å². The van der Waals surface area contributed by atoms with Gasteiger partial charge in [-0.25, -0.2) is 0 Å². The molecule has 0 spiro atoms. The Bertz CT molecular complexity index is 453. The summed E-state index contributed by atoms with van der Waals surface area (Å²) in [7, 11) is 0. The van der Waals surface area contributed by atoms with Crippen LogP contribution in [0.1, 0.15) is 44.1 Å². The number of amides is 1. The summed E-state index contributed by atoms with van der Waals surface area (Å²) < 4.78 is 5.63. The van der Waals surface area contributed by atoms with Crippen molar-refractivity contribution in [1.29, 1.82) is 0 Å². The minimum Gasteiger partial charge on any atom is -0.494 e. The van der Waals surface area contributed by atoms with Gasteiger partial charge >= 0.3 is 0 Å². The Morgan fingerprint density at radius 3 is 2.81 bits per heavy atom. The highest BCUT2D eigenvalue weighted by Crippen LogP contribution is 2.18. The normalized spacial score (nSPS) is 21.8. The lowest BCUT2D eigenvalue weighted by atomic mass is 9.93. The van der Waals surface area contributed by atoms with Crippen molar-refractivity contribution >= 4 is 5.91 Å². The summed E-state index contributed by atoms with van der Waals surface area (Å²) in [5.74, 6) is 0.945. The average molecular weight is 291 g/mol. The molecule has 1 aromatic rings. The van der Waals surface area contributed by atoms with E-state index in [2.05, 4.69) is 5.32 Å². The number of aliphatic hydroxyl groups excluding tert-OH is 1. The first-order chi connectivity index (χ1) is 10.1. The SMILES string of the molecule is Cc1cccc(OCCCC(=O)NC2CCC(O)CC2)c1. The summed E-state index contributed by atoms with van der Waals surface area (Å²) >= 11 is 0. The number of aliphatic hydroxyl groups is 1. The van der Waals surface area contributed by atoms with Crippen LogP contribution in [0.2, 0.25) is 0 Å². The fourth-order valence-corrected chi connectivity index (χ4v) is 2.65. The Hall–Kier alpha value is -1.55. The van der Waals surface area contributed by atoms with Crippen LogP contribution in [-0.4, -0.2) is 29.8 Å². The van der Waals surface area contributed by atoms with Crippen molar-refractivity contribution in [2.24, 2.45) is 0 Å². The van der Waals surface area contributed by atoms with Crippen LogP contribution in [0.4, 0.5) is 0 Å². The summed E-state index contributed by atoms with van der Waals surface area (Å²) in [6.07, 6.45) is 4.38. The first kappa shape index (κ1) is 15.8. The molecule has 1 fully saturated rings. The largest absolute Gasteiger partial charge is 0.494 e. The van der Waals surface area contributed by atoms with Crippen molar-refractivity contribution in [2.45, 2.75) is 57.6 Å². The molecule has 1 saturated carbocycles. The number of hydrogen-bond acceptors (Lipinski definition) is 3. The number of carbonyl (C=O) groups is 1. The molecular formula is C17H25NO3. The standard InChI is InChI=1S/C17H25NO3/c1-13-4-2-5-16(12-13)21-11-3-6-17(20)18-14-7-9-15(19)10-8-14/h2,4-5,12,14-15,19H,3,6-11H2,1H3,(H,18,20). The van der Waals surface area contributed by atoms with Crippen LogP contribution in [0.25, 0.3) is 0 Å². The Morgan fingerprint density at radius 2 is 2.10 bits per heavy atom. The molecule has 21 heavy (non-hydrogen) atoms. The number of aryl methyl sites for hydroxylation is 1. The molecule has 0 unspecified atom stereocenters. The quantitative estimate of drug-likeness (QED) is 0.792. The first-order valence-corrected chi connectivity index (χ1v) is 7.80. The van der Waals surface area contributed by atoms with Crippen LogP contribution in [0, 0.1) is 6.92 Å². The lowest BCUT2D eigenvalue weighted by molar-refractivity contribution is -0.122. The van der Waals surface area contributed by atoms with E-state index in [-0.39, 0.29) is 18.1 Å². The average Bonchev–Trinajstić information content (AvgIpc) is 2.46. The Balaban J connectivity index is 1.59. The highest BCUT2D eigenvalue weighted by Gasteiger charge is 2.20. The van der Waals surface area contributed by atoms with Crippen molar-refractivity contribution in [2.75, 3.05) is 6.61 Å². The number of hydrogen-bond donors (Lipinski definition) is 2. The zero-order valence-electron chi connectivity index (χ0n) is 12.7. The predicted molar refractivity (Wildman–Crippen MR) is 82.3 cm³/mol. The van der Waals surface area contributed by atoms with E-state index in [0.29, 0.717) is 13.0 Å². The van der Waals surface area contributed by atoms with Gasteiger partial charge in [0.2, 0.25) is 5.91 Å². The highest BCUT2D eigenvalue weighted by atomic mass is 16.5. The van der Waals surface area contributed by atoms with Crippen LogP contribution in [0.5, 0.6) is 5.75 Å². The zero-order chi connectivity index (χ0) is 15.1. The third-order valence-electron chi connectivity index (χ3n) is 3.87. The van der Waals surface area contributed by atoms with E-state index in [9.17, 15) is 9.90 Å². The molecule has 4 nitrogen and oxygen atoms in total. The van der Waals surface area contributed by atoms with Gasteiger partial charge in [0.25, 0.3) is 0 Å². The van der Waals surface area contributed by atoms with E-state index in [1.807, 2.05) is 31.2 Å². The van der Waals surface area contributed by atoms with Crippen LogP contribution in [0.3, 0.4) is 0 Å². The molecule has 0 bridgehead atoms. The smallest absolute Gasteiger partial charge is 0.220 e. The highest BCUT2D eigenvalue weighted by molar-refractivity contribution is 5.76. The van der Waals surface area contributed by atoms with E-state index >= 15 is 0 Å². The van der Waals surface area contributed by atoms with Gasteiger partial charge in [-0.05, 0) is 56.7 Å². The first-order valence-electron chi connectivity index (χ1n) is 7.80. The maximum atomic E-state index is 11.8. The van der Waals surface area contributed by atoms with E-state index in [4.69, 9.17) is 4.74 Å². The lowest BCUT2D eigenvalue weighted by Gasteiger charge is -2.26. The summed E-state index contributed by atoms with van der Waals surface area (Å²) in [4.78, 5) is 11.8. The van der Waals surface area contributed by atoms with Gasteiger partial charge in [0.15, 0.2) is 0 Å². The molecule has 0 heterocycles. The van der Waals surface area contributed by atoms with Gasteiger partial charge in [-0.1, -0.05) is 12.1 Å². The van der Waals surface area contributed by atoms with Crippen molar-refractivity contribution in [3.8, 4) is 5.75 Å². The molecule has 0 aromatic heterocycles. The van der Waals surface area contributed by atoms with Gasteiger partial charge < -0.3 is 15.2 Å². The Labute approximate surface area is 126 Å². The maximum Gasteiger partial charge on any atom is 0.220 e. The number of carbonyl (C=O) groups excluding carboxylic acids is 1. The third kappa shape index (κ3) is 5.76. The van der Waals surface area contributed by atoms with Crippen molar-refractivity contribution in [1.82, 2.24) is 5.32 Å². The molecule has 1 amide bonds. The molecule has 2 N–H and O–H groups in total. The summed E-state index contributed by atoms with van der Waals surface area (Å²) in [6.45, 7) is 2.58. The van der Waals surface area contributed by atoms with Crippen LogP contribution < -0.4 is 10.1 Å². The molecule has 1 aromatic carbocycles. The molecule has 0 aliphatic heterocycles. The van der Waals surface area contributed by atoms with E-state index < -0.39 is 0 Å². The summed E-state index contributed by atoms with van der Waals surface area (Å²) in [5.41, 5.74) is 1.17. The number of nitrogens with one attached hydrogen (secondary N) is 1. The minimum absolute atomic E-state index is 0.0873. The van der Waals surface area contributed by atoms with Gasteiger partial charge in [-0.2, -0.15) is 0 Å². The van der Waals surface area contributed by atoms with Gasteiger partial charge in [0.1, 0.15) is 5.75 Å². The molecule has 0 atom stereocenters. The van der Waals surface area contributed by atoms with Crippen molar-refractivity contribution in [3.05, 3.63) is 29.8 Å².